The number of aryl methyl sites for hydroxylation is 2. The number of nitrogens with one attached hydrogen (secondary N) is 1. The molecule has 0 radical (unpaired) electrons. The summed E-state index contributed by atoms with van der Waals surface area (Å²) in [7, 11) is 0. The summed E-state index contributed by atoms with van der Waals surface area (Å²) in [6, 6.07) is 8.25. The van der Waals surface area contributed by atoms with Gasteiger partial charge in [-0.1, -0.05) is 0 Å². The lowest BCUT2D eigenvalue weighted by molar-refractivity contribution is 0.789. The van der Waals surface area contributed by atoms with Gasteiger partial charge in [0, 0.05) is 10.6 Å². The van der Waals surface area contributed by atoms with Crippen LogP contribution in [0.15, 0.2) is 30.6 Å². The zero-order chi connectivity index (χ0) is 14.8. The van der Waals surface area contributed by atoms with Crippen LogP contribution in [0.5, 0.6) is 0 Å². The monoisotopic (exact) mass is 300 g/mol. The van der Waals surface area contributed by atoms with Gasteiger partial charge < -0.3 is 5.32 Å². The molecule has 0 saturated heterocycles. The molecule has 0 aliphatic heterocycles. The number of hydrogen-bond acceptors (Lipinski definition) is 6. The summed E-state index contributed by atoms with van der Waals surface area (Å²) in [6.45, 7) is 6.24. The zero-order valence-corrected chi connectivity index (χ0v) is 12.9. The van der Waals surface area contributed by atoms with Crippen molar-refractivity contribution in [2.45, 2.75) is 26.8 Å². The van der Waals surface area contributed by atoms with Gasteiger partial charge in [0.2, 0.25) is 0 Å². The second kappa shape index (κ2) is 5.61. The Balaban J connectivity index is 1.74. The fourth-order valence-electron chi connectivity index (χ4n) is 2.25. The molecule has 0 spiro atoms. The van der Waals surface area contributed by atoms with Gasteiger partial charge in [0.15, 0.2) is 0 Å². The molecule has 1 N–H and O–H groups in total. The summed E-state index contributed by atoms with van der Waals surface area (Å²) in [6.07, 6.45) is 1.58. The van der Waals surface area contributed by atoms with E-state index in [-0.39, 0.29) is 6.04 Å². The predicted molar refractivity (Wildman–Crippen MR) is 82.8 cm³/mol. The van der Waals surface area contributed by atoms with Crippen LogP contribution in [0.3, 0.4) is 0 Å². The zero-order valence-electron chi connectivity index (χ0n) is 12.1. The fourth-order valence-corrected chi connectivity index (χ4v) is 3.18. The van der Waals surface area contributed by atoms with Crippen molar-refractivity contribution in [2.75, 3.05) is 5.32 Å². The first-order valence-corrected chi connectivity index (χ1v) is 7.49. The first-order valence-electron chi connectivity index (χ1n) is 6.67. The van der Waals surface area contributed by atoms with Gasteiger partial charge in [-0.15, -0.1) is 16.4 Å². The molecular weight excluding hydrogens is 284 g/mol. The minimum absolute atomic E-state index is 0.232. The first-order chi connectivity index (χ1) is 10.1. The average molecular weight is 300 g/mol. The number of tetrazole rings is 1. The molecule has 0 fully saturated rings. The number of thiazole rings is 1. The number of hydrogen-bond donors (Lipinski definition) is 1. The predicted octanol–water partition coefficient (Wildman–Crippen LogP) is 2.91. The van der Waals surface area contributed by atoms with E-state index in [4.69, 9.17) is 0 Å². The van der Waals surface area contributed by atoms with E-state index in [9.17, 15) is 0 Å². The highest BCUT2D eigenvalue weighted by molar-refractivity contribution is 7.11. The second-order valence-electron chi connectivity index (χ2n) is 4.85. The summed E-state index contributed by atoms with van der Waals surface area (Å²) in [5, 5.41) is 15.7. The number of anilines is 1. The molecule has 0 aliphatic rings. The quantitative estimate of drug-likeness (QED) is 0.802. The van der Waals surface area contributed by atoms with E-state index in [2.05, 4.69) is 39.7 Å². The van der Waals surface area contributed by atoms with E-state index in [1.54, 1.807) is 22.3 Å². The van der Waals surface area contributed by atoms with Crippen LogP contribution in [0.1, 0.15) is 28.5 Å². The molecule has 21 heavy (non-hydrogen) atoms. The molecule has 2 aromatic heterocycles. The van der Waals surface area contributed by atoms with E-state index >= 15 is 0 Å². The number of nitrogens with zero attached hydrogens (tertiary/aromatic N) is 5. The third kappa shape index (κ3) is 2.92. The Labute approximate surface area is 126 Å². The molecule has 3 aromatic rings. The molecule has 0 aliphatic carbocycles. The average Bonchev–Trinajstić information content (AvgIpc) is 3.09. The molecule has 1 aromatic carbocycles. The van der Waals surface area contributed by atoms with Gasteiger partial charge in [-0.3, -0.25) is 0 Å². The number of rotatable bonds is 4. The summed E-state index contributed by atoms with van der Waals surface area (Å²) < 4.78 is 1.63. The van der Waals surface area contributed by atoms with Crippen LogP contribution in [0.25, 0.3) is 5.69 Å². The van der Waals surface area contributed by atoms with Gasteiger partial charge in [0.05, 0.1) is 22.4 Å². The summed E-state index contributed by atoms with van der Waals surface area (Å²) in [5.74, 6) is 0. The summed E-state index contributed by atoms with van der Waals surface area (Å²) in [4.78, 5) is 5.75. The van der Waals surface area contributed by atoms with Crippen LogP contribution < -0.4 is 5.32 Å². The summed E-state index contributed by atoms with van der Waals surface area (Å²) in [5.41, 5.74) is 3.09. The Morgan fingerprint density at radius 2 is 1.95 bits per heavy atom. The van der Waals surface area contributed by atoms with E-state index in [1.807, 2.05) is 31.2 Å². The van der Waals surface area contributed by atoms with Gasteiger partial charge in [0.1, 0.15) is 6.33 Å². The lowest BCUT2D eigenvalue weighted by Crippen LogP contribution is -2.06. The Bertz CT molecular complexity index is 717. The topological polar surface area (TPSA) is 68.5 Å². The molecular formula is C14H16N6S. The van der Waals surface area contributed by atoms with E-state index < -0.39 is 0 Å². The van der Waals surface area contributed by atoms with Gasteiger partial charge in [-0.25, -0.2) is 9.67 Å². The second-order valence-corrected chi connectivity index (χ2v) is 6.08. The largest absolute Gasteiger partial charge is 0.378 e. The molecule has 1 unspecified atom stereocenters. The molecule has 0 saturated carbocycles. The van der Waals surface area contributed by atoms with Crippen molar-refractivity contribution in [1.82, 2.24) is 25.2 Å². The molecule has 108 valence electrons. The van der Waals surface area contributed by atoms with E-state index in [1.165, 1.54) is 4.88 Å². The molecule has 0 bridgehead atoms. The highest BCUT2D eigenvalue weighted by atomic mass is 32.1. The SMILES string of the molecule is Cc1nc(C)c(C(C)Nc2ccc(-n3cnnn3)cc2)s1. The van der Waals surface area contributed by atoms with Crippen molar-refractivity contribution in [1.29, 1.82) is 0 Å². The Hall–Kier alpha value is -2.28. The maximum absolute atomic E-state index is 4.47. The van der Waals surface area contributed by atoms with Crippen molar-refractivity contribution >= 4 is 17.0 Å². The number of benzene rings is 1. The lowest BCUT2D eigenvalue weighted by atomic mass is 10.2. The number of aromatic nitrogens is 5. The highest BCUT2D eigenvalue weighted by Crippen LogP contribution is 2.27. The van der Waals surface area contributed by atoms with Gasteiger partial charge in [-0.05, 0) is 55.5 Å². The van der Waals surface area contributed by atoms with Gasteiger partial charge in [-0.2, -0.15) is 0 Å². The van der Waals surface area contributed by atoms with Crippen LogP contribution in [0.2, 0.25) is 0 Å². The van der Waals surface area contributed by atoms with Crippen molar-refractivity contribution in [3.63, 3.8) is 0 Å². The van der Waals surface area contributed by atoms with Crippen molar-refractivity contribution < 1.29 is 0 Å². The molecule has 1 atom stereocenters. The smallest absolute Gasteiger partial charge is 0.143 e. The maximum atomic E-state index is 4.47. The standard InChI is InChI=1S/C14H16N6S/c1-9-14(21-11(3)16-9)10(2)17-12-4-6-13(7-5-12)20-8-15-18-19-20/h4-8,10,17H,1-3H3. The fraction of sp³-hybridized carbons (Fsp3) is 0.286. The minimum atomic E-state index is 0.232. The van der Waals surface area contributed by atoms with E-state index in [0.29, 0.717) is 0 Å². The van der Waals surface area contributed by atoms with E-state index in [0.717, 1.165) is 22.1 Å². The minimum Gasteiger partial charge on any atom is -0.378 e. The molecule has 7 heteroatoms. The molecule has 0 amide bonds. The van der Waals surface area contributed by atoms with Crippen LogP contribution in [-0.4, -0.2) is 25.2 Å². The van der Waals surface area contributed by atoms with Crippen molar-refractivity contribution in [3.8, 4) is 5.69 Å². The molecule has 3 rings (SSSR count). The third-order valence-electron chi connectivity index (χ3n) is 3.20. The Kier molecular flexibility index (Phi) is 3.66. The van der Waals surface area contributed by atoms with Crippen LogP contribution >= 0.6 is 11.3 Å². The van der Waals surface area contributed by atoms with Gasteiger partial charge >= 0.3 is 0 Å². The van der Waals surface area contributed by atoms with Crippen LogP contribution in [0, 0.1) is 13.8 Å². The Morgan fingerprint density at radius 3 is 2.52 bits per heavy atom. The maximum Gasteiger partial charge on any atom is 0.143 e. The van der Waals surface area contributed by atoms with Crippen molar-refractivity contribution in [3.05, 3.63) is 46.2 Å². The highest BCUT2D eigenvalue weighted by Gasteiger charge is 2.12. The lowest BCUT2D eigenvalue weighted by Gasteiger charge is -2.14. The first kappa shape index (κ1) is 13.7. The normalized spacial score (nSPS) is 12.3. The Morgan fingerprint density at radius 1 is 1.19 bits per heavy atom. The van der Waals surface area contributed by atoms with Crippen LogP contribution in [-0.2, 0) is 0 Å². The summed E-state index contributed by atoms with van der Waals surface area (Å²) >= 11 is 1.74. The third-order valence-corrected chi connectivity index (χ3v) is 4.45. The van der Waals surface area contributed by atoms with Crippen LogP contribution in [0.4, 0.5) is 5.69 Å². The van der Waals surface area contributed by atoms with Crippen molar-refractivity contribution in [2.24, 2.45) is 0 Å². The molecule has 2 heterocycles. The molecule has 6 nitrogen and oxygen atoms in total. The van der Waals surface area contributed by atoms with Gasteiger partial charge in [0.25, 0.3) is 0 Å².